The van der Waals surface area contributed by atoms with Crippen LogP contribution in [0.15, 0.2) is 24.3 Å². The van der Waals surface area contributed by atoms with Gasteiger partial charge in [0, 0.05) is 26.0 Å². The van der Waals surface area contributed by atoms with Crippen molar-refractivity contribution in [3.8, 4) is 0 Å². The Morgan fingerprint density at radius 3 is 3.00 bits per heavy atom. The third-order valence-corrected chi connectivity index (χ3v) is 4.27. The first-order valence-electron chi connectivity index (χ1n) is 6.91. The van der Waals surface area contributed by atoms with Gasteiger partial charge in [-0.2, -0.15) is 0 Å². The molecular formula is C15H20N2O2S. The zero-order valence-corrected chi connectivity index (χ0v) is 12.4. The van der Waals surface area contributed by atoms with Gasteiger partial charge in [0.2, 0.25) is 5.91 Å². The van der Waals surface area contributed by atoms with Crippen LogP contribution in [-0.2, 0) is 11.2 Å². The number of rotatable bonds is 7. The Balaban J connectivity index is 1.78. The highest BCUT2D eigenvalue weighted by Gasteiger charge is 2.08. The molecule has 2 N–H and O–H groups in total. The highest BCUT2D eigenvalue weighted by atomic mass is 32.1. The van der Waals surface area contributed by atoms with E-state index in [1.165, 1.54) is 4.70 Å². The average Bonchev–Trinajstić information content (AvgIpc) is 2.86. The van der Waals surface area contributed by atoms with Crippen molar-refractivity contribution in [2.45, 2.75) is 26.2 Å². The molecular weight excluding hydrogens is 272 g/mol. The lowest BCUT2D eigenvalue weighted by molar-refractivity contribution is -0.121. The predicted molar refractivity (Wildman–Crippen MR) is 81.8 cm³/mol. The van der Waals surface area contributed by atoms with Crippen LogP contribution in [0.5, 0.6) is 0 Å². The molecule has 0 radical (unpaired) electrons. The fourth-order valence-electron chi connectivity index (χ4n) is 1.95. The molecule has 2 rings (SSSR count). The van der Waals surface area contributed by atoms with E-state index >= 15 is 0 Å². The molecule has 0 spiro atoms. The maximum atomic E-state index is 11.7. The number of aliphatic hydroxyl groups excluding tert-OH is 1. The lowest BCUT2D eigenvalue weighted by Crippen LogP contribution is -2.28. The van der Waals surface area contributed by atoms with Crippen LogP contribution in [0.2, 0.25) is 0 Å². The number of aryl methyl sites for hydroxylation is 1. The van der Waals surface area contributed by atoms with E-state index in [0.717, 1.165) is 16.9 Å². The number of hydrogen-bond donors (Lipinski definition) is 2. The first-order valence-corrected chi connectivity index (χ1v) is 7.72. The summed E-state index contributed by atoms with van der Waals surface area (Å²) in [6.07, 6.45) is 1.86. The SMILES string of the molecule is CC(CCO)CNC(=O)CCc1nc2ccccc2s1. The molecule has 0 fully saturated rings. The zero-order valence-electron chi connectivity index (χ0n) is 11.6. The smallest absolute Gasteiger partial charge is 0.220 e. The van der Waals surface area contributed by atoms with E-state index in [4.69, 9.17) is 5.11 Å². The molecule has 0 aliphatic rings. The molecule has 0 saturated heterocycles. The van der Waals surface area contributed by atoms with Crippen molar-refractivity contribution in [3.05, 3.63) is 29.3 Å². The van der Waals surface area contributed by atoms with Crippen LogP contribution in [0.4, 0.5) is 0 Å². The average molecular weight is 292 g/mol. The van der Waals surface area contributed by atoms with E-state index in [-0.39, 0.29) is 12.5 Å². The van der Waals surface area contributed by atoms with Gasteiger partial charge in [-0.3, -0.25) is 4.79 Å². The number of nitrogens with one attached hydrogen (secondary N) is 1. The number of hydrogen-bond acceptors (Lipinski definition) is 4. The van der Waals surface area contributed by atoms with Gasteiger partial charge in [-0.1, -0.05) is 19.1 Å². The number of carbonyl (C=O) groups excluding carboxylic acids is 1. The molecule has 1 heterocycles. The molecule has 20 heavy (non-hydrogen) atoms. The molecule has 0 saturated carbocycles. The summed E-state index contributed by atoms with van der Waals surface area (Å²) in [5.41, 5.74) is 1.00. The number of amides is 1. The zero-order chi connectivity index (χ0) is 14.4. The van der Waals surface area contributed by atoms with Crippen molar-refractivity contribution in [2.75, 3.05) is 13.2 Å². The predicted octanol–water partition coefficient (Wildman–Crippen LogP) is 2.36. The molecule has 1 amide bonds. The van der Waals surface area contributed by atoms with Crippen LogP contribution in [-0.4, -0.2) is 29.1 Å². The van der Waals surface area contributed by atoms with Gasteiger partial charge >= 0.3 is 0 Å². The quantitative estimate of drug-likeness (QED) is 0.823. The normalized spacial score (nSPS) is 12.5. The maximum Gasteiger partial charge on any atom is 0.220 e. The first kappa shape index (κ1) is 14.9. The van der Waals surface area contributed by atoms with E-state index in [0.29, 0.717) is 25.3 Å². The van der Waals surface area contributed by atoms with Crippen LogP contribution in [0.25, 0.3) is 10.2 Å². The summed E-state index contributed by atoms with van der Waals surface area (Å²) in [5.74, 6) is 0.362. The lowest BCUT2D eigenvalue weighted by atomic mass is 10.1. The van der Waals surface area contributed by atoms with Crippen molar-refractivity contribution in [1.82, 2.24) is 10.3 Å². The second kappa shape index (κ2) is 7.36. The van der Waals surface area contributed by atoms with Gasteiger partial charge in [-0.25, -0.2) is 4.98 Å². The van der Waals surface area contributed by atoms with Crippen molar-refractivity contribution < 1.29 is 9.90 Å². The Morgan fingerprint density at radius 1 is 1.45 bits per heavy atom. The third-order valence-electron chi connectivity index (χ3n) is 3.17. The van der Waals surface area contributed by atoms with Gasteiger partial charge < -0.3 is 10.4 Å². The molecule has 1 aromatic heterocycles. The summed E-state index contributed by atoms with van der Waals surface area (Å²) in [4.78, 5) is 16.3. The number of carbonyl (C=O) groups is 1. The molecule has 1 unspecified atom stereocenters. The van der Waals surface area contributed by atoms with Gasteiger partial charge in [0.25, 0.3) is 0 Å². The van der Waals surface area contributed by atoms with Crippen LogP contribution < -0.4 is 5.32 Å². The molecule has 0 bridgehead atoms. The molecule has 0 aliphatic heterocycles. The number of aliphatic hydroxyl groups is 1. The van der Waals surface area contributed by atoms with E-state index in [1.807, 2.05) is 31.2 Å². The molecule has 2 aromatic rings. The standard InChI is InChI=1S/C15H20N2O2S/c1-11(8-9-18)10-16-14(19)6-7-15-17-12-4-2-3-5-13(12)20-15/h2-5,11,18H,6-10H2,1H3,(H,16,19). The topological polar surface area (TPSA) is 62.2 Å². The third kappa shape index (κ3) is 4.28. The van der Waals surface area contributed by atoms with Crippen LogP contribution in [0.3, 0.4) is 0 Å². The number of para-hydroxylation sites is 1. The highest BCUT2D eigenvalue weighted by Crippen LogP contribution is 2.22. The van der Waals surface area contributed by atoms with E-state index in [1.54, 1.807) is 11.3 Å². The summed E-state index contributed by atoms with van der Waals surface area (Å²) in [7, 11) is 0. The van der Waals surface area contributed by atoms with Crippen LogP contribution in [0, 0.1) is 5.92 Å². The minimum Gasteiger partial charge on any atom is -0.396 e. The summed E-state index contributed by atoms with van der Waals surface area (Å²) in [5, 5.41) is 12.7. The summed E-state index contributed by atoms with van der Waals surface area (Å²) >= 11 is 1.65. The maximum absolute atomic E-state index is 11.7. The van der Waals surface area contributed by atoms with Crippen molar-refractivity contribution in [1.29, 1.82) is 0 Å². The summed E-state index contributed by atoms with van der Waals surface area (Å²) in [6.45, 7) is 2.81. The number of thiazole rings is 1. The van der Waals surface area contributed by atoms with Crippen molar-refractivity contribution in [2.24, 2.45) is 5.92 Å². The summed E-state index contributed by atoms with van der Waals surface area (Å²) in [6, 6.07) is 8.01. The van der Waals surface area contributed by atoms with Gasteiger partial charge in [-0.15, -0.1) is 11.3 Å². The van der Waals surface area contributed by atoms with E-state index in [2.05, 4.69) is 10.3 Å². The fourth-order valence-corrected chi connectivity index (χ4v) is 2.91. The molecule has 5 heteroatoms. The minimum atomic E-state index is 0.0500. The molecule has 1 atom stereocenters. The highest BCUT2D eigenvalue weighted by molar-refractivity contribution is 7.18. The minimum absolute atomic E-state index is 0.0500. The van der Waals surface area contributed by atoms with Crippen LogP contribution >= 0.6 is 11.3 Å². The van der Waals surface area contributed by atoms with E-state index in [9.17, 15) is 4.79 Å². The van der Waals surface area contributed by atoms with Gasteiger partial charge in [0.15, 0.2) is 0 Å². The molecule has 1 aromatic carbocycles. The molecule has 0 aliphatic carbocycles. The van der Waals surface area contributed by atoms with E-state index < -0.39 is 0 Å². The lowest BCUT2D eigenvalue weighted by Gasteiger charge is -2.10. The molecule has 4 nitrogen and oxygen atoms in total. The second-order valence-electron chi connectivity index (χ2n) is 5.00. The molecule has 108 valence electrons. The Hall–Kier alpha value is -1.46. The number of nitrogens with zero attached hydrogens (tertiary/aromatic N) is 1. The summed E-state index contributed by atoms with van der Waals surface area (Å²) < 4.78 is 1.17. The Kier molecular flexibility index (Phi) is 5.49. The number of fused-ring (bicyclic) bond motifs is 1. The first-order chi connectivity index (χ1) is 9.69. The largest absolute Gasteiger partial charge is 0.396 e. The van der Waals surface area contributed by atoms with Gasteiger partial charge in [-0.05, 0) is 24.5 Å². The Morgan fingerprint density at radius 2 is 2.25 bits per heavy atom. The van der Waals surface area contributed by atoms with Crippen molar-refractivity contribution in [3.63, 3.8) is 0 Å². The van der Waals surface area contributed by atoms with Gasteiger partial charge in [0.1, 0.15) is 0 Å². The number of benzene rings is 1. The monoisotopic (exact) mass is 292 g/mol. The Bertz CT molecular complexity index is 535. The second-order valence-corrected chi connectivity index (χ2v) is 6.11. The fraction of sp³-hybridized carbons (Fsp3) is 0.467. The number of aromatic nitrogens is 1. The van der Waals surface area contributed by atoms with Crippen molar-refractivity contribution >= 4 is 27.5 Å². The Labute approximate surface area is 122 Å². The van der Waals surface area contributed by atoms with Crippen LogP contribution in [0.1, 0.15) is 24.8 Å². The van der Waals surface area contributed by atoms with Gasteiger partial charge in [0.05, 0.1) is 15.2 Å².